The van der Waals surface area contributed by atoms with Gasteiger partial charge in [-0.2, -0.15) is 0 Å². The van der Waals surface area contributed by atoms with Crippen molar-refractivity contribution in [1.29, 1.82) is 0 Å². The second-order valence-corrected chi connectivity index (χ2v) is 13.9. The van der Waals surface area contributed by atoms with E-state index in [1.54, 1.807) is 0 Å². The highest BCUT2D eigenvalue weighted by atomic mass is 16.5. The molecule has 1 atom stereocenters. The van der Waals surface area contributed by atoms with Crippen LogP contribution in [0, 0.1) is 0 Å². The van der Waals surface area contributed by atoms with E-state index in [-0.39, 0.29) is 24.5 Å². The van der Waals surface area contributed by atoms with Crippen molar-refractivity contribution in [1.82, 2.24) is 5.32 Å². The number of carbonyl (C=O) groups is 3. The van der Waals surface area contributed by atoms with Gasteiger partial charge in [0.1, 0.15) is 12.6 Å². The summed E-state index contributed by atoms with van der Waals surface area (Å²) in [5.41, 5.74) is 0. The zero-order valence-electron chi connectivity index (χ0n) is 30.7. The lowest BCUT2D eigenvalue weighted by molar-refractivity contribution is -0.150. The van der Waals surface area contributed by atoms with E-state index in [1.807, 2.05) is 0 Å². The van der Waals surface area contributed by atoms with Crippen LogP contribution < -0.4 is 5.32 Å². The molecule has 0 heterocycles. The quantitative estimate of drug-likeness (QED) is 0.0515. The summed E-state index contributed by atoms with van der Waals surface area (Å²) < 4.78 is 5.98. The van der Waals surface area contributed by atoms with Gasteiger partial charge in [0.2, 0.25) is 5.91 Å². The molecule has 0 saturated carbocycles. The van der Waals surface area contributed by atoms with Gasteiger partial charge < -0.3 is 15.2 Å². The molecule has 1 amide bonds. The van der Waals surface area contributed by atoms with Gasteiger partial charge in [-0.1, -0.05) is 174 Å². The second-order valence-electron chi connectivity index (χ2n) is 13.9. The number of nitrogens with one attached hydrogen (secondary N) is 1. The number of hydrogen-bond acceptors (Lipinski definition) is 4. The number of hydrogen-bond donors (Lipinski definition) is 2. The lowest BCUT2D eigenvalue weighted by atomic mass is 10.0. The van der Waals surface area contributed by atoms with E-state index in [0.29, 0.717) is 12.8 Å². The van der Waals surface area contributed by atoms with E-state index in [4.69, 9.17) is 9.84 Å². The largest absolute Gasteiger partial charge is 0.480 e. The molecule has 0 aromatic rings. The van der Waals surface area contributed by atoms with E-state index in [1.165, 1.54) is 135 Å². The molecule has 2 N–H and O–H groups in total. The number of aliphatic carboxylic acids is 1. The molecule has 0 saturated heterocycles. The maximum Gasteiger partial charge on any atom is 0.322 e. The number of rotatable bonds is 37. The fraction of sp³-hybridized carbons (Fsp3) is 0.925. The summed E-state index contributed by atoms with van der Waals surface area (Å²) in [4.78, 5) is 34.8. The molecule has 0 spiro atoms. The number of ether oxygens (including phenoxy) is 1. The lowest BCUT2D eigenvalue weighted by Crippen LogP contribution is -2.28. The van der Waals surface area contributed by atoms with Gasteiger partial charge in [-0.25, -0.2) is 0 Å². The predicted molar refractivity (Wildman–Crippen MR) is 194 cm³/mol. The Morgan fingerprint density at radius 2 is 0.804 bits per heavy atom. The lowest BCUT2D eigenvalue weighted by Gasteiger charge is -2.18. The molecule has 0 aliphatic carbocycles. The molecule has 0 aliphatic heterocycles. The van der Waals surface area contributed by atoms with Gasteiger partial charge in [0.25, 0.3) is 0 Å². The smallest absolute Gasteiger partial charge is 0.322 e. The molecular weight excluding hydrogens is 574 g/mol. The zero-order chi connectivity index (χ0) is 33.8. The number of carboxylic acid groups (broad SMARTS) is 1. The average Bonchev–Trinajstić information content (AvgIpc) is 3.04. The van der Waals surface area contributed by atoms with Crippen molar-refractivity contribution in [2.45, 2.75) is 232 Å². The van der Waals surface area contributed by atoms with Gasteiger partial charge in [-0.05, 0) is 38.5 Å². The molecule has 0 fully saturated rings. The highest BCUT2D eigenvalue weighted by Gasteiger charge is 2.14. The van der Waals surface area contributed by atoms with Crippen LogP contribution in [0.25, 0.3) is 0 Å². The van der Waals surface area contributed by atoms with Crippen molar-refractivity contribution < 1.29 is 24.2 Å². The van der Waals surface area contributed by atoms with Crippen molar-refractivity contribution >= 4 is 17.8 Å². The van der Waals surface area contributed by atoms with E-state index in [9.17, 15) is 14.4 Å². The van der Waals surface area contributed by atoms with E-state index in [2.05, 4.69) is 19.2 Å². The molecular formula is C40H77NO5. The van der Waals surface area contributed by atoms with Crippen LogP contribution in [0.1, 0.15) is 226 Å². The van der Waals surface area contributed by atoms with Crippen LogP contribution in [-0.2, 0) is 19.1 Å². The number of carboxylic acids is 1. The van der Waals surface area contributed by atoms with Crippen molar-refractivity contribution in [2.24, 2.45) is 0 Å². The molecule has 0 aromatic heterocycles. The molecule has 0 bridgehead atoms. The summed E-state index contributed by atoms with van der Waals surface area (Å²) in [5, 5.41) is 11.0. The first-order valence-corrected chi connectivity index (χ1v) is 20.2. The van der Waals surface area contributed by atoms with Gasteiger partial charge in [0.15, 0.2) is 0 Å². The van der Waals surface area contributed by atoms with Crippen LogP contribution in [0.5, 0.6) is 0 Å². The summed E-state index contributed by atoms with van der Waals surface area (Å²) in [6.07, 6.45) is 39.5. The highest BCUT2D eigenvalue weighted by Crippen LogP contribution is 2.19. The van der Waals surface area contributed by atoms with Gasteiger partial charge in [-0.15, -0.1) is 0 Å². The van der Waals surface area contributed by atoms with Crippen LogP contribution in [0.3, 0.4) is 0 Å². The Bertz CT molecular complexity index is 683. The Hall–Kier alpha value is -1.59. The molecule has 0 rings (SSSR count). The van der Waals surface area contributed by atoms with Crippen LogP contribution in [0.15, 0.2) is 0 Å². The fourth-order valence-corrected chi connectivity index (χ4v) is 6.28. The van der Waals surface area contributed by atoms with E-state index >= 15 is 0 Å². The standard InChI is InChI=1S/C40H77NO5/c1-3-5-7-9-11-12-13-14-15-16-17-18-19-20-21-22-27-31-35-40(45)46-37(32-28-24-10-8-6-4-2)33-29-25-23-26-30-34-38(42)41-36-39(43)44/h37H,3-36H2,1-2H3,(H,41,42)(H,43,44). The highest BCUT2D eigenvalue weighted by molar-refractivity contribution is 5.80. The molecule has 6 nitrogen and oxygen atoms in total. The molecule has 272 valence electrons. The van der Waals surface area contributed by atoms with Crippen LogP contribution >= 0.6 is 0 Å². The minimum absolute atomic E-state index is 0.0140. The molecule has 46 heavy (non-hydrogen) atoms. The molecule has 0 aliphatic rings. The third-order valence-electron chi connectivity index (χ3n) is 9.28. The van der Waals surface area contributed by atoms with Gasteiger partial charge in [0.05, 0.1) is 0 Å². The predicted octanol–water partition coefficient (Wildman–Crippen LogP) is 12.0. The first-order chi connectivity index (χ1) is 22.5. The number of carbonyl (C=O) groups excluding carboxylic acids is 2. The Kier molecular flexibility index (Phi) is 35.0. The summed E-state index contributed by atoms with van der Waals surface area (Å²) in [7, 11) is 0. The Morgan fingerprint density at radius 1 is 0.478 bits per heavy atom. The van der Waals surface area contributed by atoms with E-state index < -0.39 is 5.97 Å². The SMILES string of the molecule is CCCCCCCCCCCCCCCCCCCCC(=O)OC(CCCCCCCC)CCCCCCCC(=O)NCC(=O)O. The third kappa shape index (κ3) is 35.3. The van der Waals surface area contributed by atoms with Gasteiger partial charge in [-0.3, -0.25) is 14.4 Å². The van der Waals surface area contributed by atoms with Crippen molar-refractivity contribution in [3.8, 4) is 0 Å². The Balaban J connectivity index is 3.88. The monoisotopic (exact) mass is 652 g/mol. The third-order valence-corrected chi connectivity index (χ3v) is 9.28. The summed E-state index contributed by atoms with van der Waals surface area (Å²) in [5.74, 6) is -1.22. The Morgan fingerprint density at radius 3 is 1.17 bits per heavy atom. The first kappa shape index (κ1) is 44.4. The first-order valence-electron chi connectivity index (χ1n) is 20.2. The topological polar surface area (TPSA) is 92.7 Å². The van der Waals surface area contributed by atoms with Crippen LogP contribution in [0.4, 0.5) is 0 Å². The van der Waals surface area contributed by atoms with Gasteiger partial charge >= 0.3 is 11.9 Å². The van der Waals surface area contributed by atoms with Crippen LogP contribution in [0.2, 0.25) is 0 Å². The zero-order valence-corrected chi connectivity index (χ0v) is 30.7. The minimum Gasteiger partial charge on any atom is -0.480 e. The molecule has 0 radical (unpaired) electrons. The normalized spacial score (nSPS) is 11.9. The number of unbranched alkanes of at least 4 members (excludes halogenated alkanes) is 26. The minimum atomic E-state index is -1.01. The maximum atomic E-state index is 12.6. The molecule has 1 unspecified atom stereocenters. The van der Waals surface area contributed by atoms with Crippen molar-refractivity contribution in [2.75, 3.05) is 6.54 Å². The van der Waals surface area contributed by atoms with Gasteiger partial charge in [0, 0.05) is 12.8 Å². The molecule has 0 aromatic carbocycles. The second kappa shape index (κ2) is 36.2. The Labute approximate surface area is 285 Å². The average molecular weight is 652 g/mol. The summed E-state index contributed by atoms with van der Waals surface area (Å²) in [6.45, 7) is 4.22. The van der Waals surface area contributed by atoms with Crippen molar-refractivity contribution in [3.05, 3.63) is 0 Å². The maximum absolute atomic E-state index is 12.6. The van der Waals surface area contributed by atoms with E-state index in [0.717, 1.165) is 64.2 Å². The molecule has 6 heteroatoms. The fourth-order valence-electron chi connectivity index (χ4n) is 6.28. The van der Waals surface area contributed by atoms with Crippen molar-refractivity contribution in [3.63, 3.8) is 0 Å². The summed E-state index contributed by atoms with van der Waals surface area (Å²) >= 11 is 0. The van der Waals surface area contributed by atoms with Crippen LogP contribution in [-0.4, -0.2) is 35.6 Å². The number of amides is 1. The number of esters is 1. The summed E-state index contributed by atoms with van der Waals surface area (Å²) in [6, 6.07) is 0.